The standard InChI is InChI=1S/C10H9N3O4/c1-2-17-10(14)8(5-11)7-3-4-12-6-9(7)13(15)16/h3-4,6,12H,2H2,1H3/b8-7+. The molecule has 7 heteroatoms. The molecule has 0 radical (unpaired) electrons. The van der Waals surface area contributed by atoms with Crippen LogP contribution in [0.25, 0.3) is 0 Å². The summed E-state index contributed by atoms with van der Waals surface area (Å²) in [6, 6.07) is 1.62. The predicted molar refractivity (Wildman–Crippen MR) is 56.6 cm³/mol. The van der Waals surface area contributed by atoms with Gasteiger partial charge in [0.15, 0.2) is 5.57 Å². The maximum atomic E-state index is 11.4. The summed E-state index contributed by atoms with van der Waals surface area (Å²) in [7, 11) is 0. The highest BCUT2D eigenvalue weighted by molar-refractivity contribution is 5.95. The van der Waals surface area contributed by atoms with Gasteiger partial charge in [-0.25, -0.2) is 4.79 Å². The number of ether oxygens (including phenoxy) is 1. The molecular formula is C10H9N3O4. The lowest BCUT2D eigenvalue weighted by Gasteiger charge is -2.07. The van der Waals surface area contributed by atoms with Crippen molar-refractivity contribution in [2.24, 2.45) is 0 Å². The third-order valence-electron chi connectivity index (χ3n) is 1.90. The number of nitrogens with zero attached hydrogens (tertiary/aromatic N) is 2. The van der Waals surface area contributed by atoms with E-state index in [9.17, 15) is 14.9 Å². The molecule has 0 unspecified atom stereocenters. The van der Waals surface area contributed by atoms with E-state index in [0.29, 0.717) is 0 Å². The number of carbonyl (C=O) groups excluding carboxylic acids is 1. The van der Waals surface area contributed by atoms with Crippen LogP contribution in [0, 0.1) is 21.4 Å². The number of dihydropyridines is 1. The molecular weight excluding hydrogens is 226 g/mol. The molecule has 1 heterocycles. The highest BCUT2D eigenvalue weighted by Gasteiger charge is 2.26. The van der Waals surface area contributed by atoms with E-state index in [-0.39, 0.29) is 23.5 Å². The van der Waals surface area contributed by atoms with Crippen LogP contribution in [0.2, 0.25) is 0 Å². The van der Waals surface area contributed by atoms with Crippen molar-refractivity contribution in [3.05, 3.63) is 45.4 Å². The number of hydrogen-bond acceptors (Lipinski definition) is 6. The fourth-order valence-electron chi connectivity index (χ4n) is 1.20. The van der Waals surface area contributed by atoms with E-state index in [1.807, 2.05) is 0 Å². The molecule has 7 nitrogen and oxygen atoms in total. The molecule has 1 aliphatic heterocycles. The highest BCUT2D eigenvalue weighted by Crippen LogP contribution is 2.19. The summed E-state index contributed by atoms with van der Waals surface area (Å²) < 4.78 is 4.65. The second-order valence-electron chi connectivity index (χ2n) is 2.91. The summed E-state index contributed by atoms with van der Waals surface area (Å²) in [6.45, 7) is 1.68. The summed E-state index contributed by atoms with van der Waals surface area (Å²) in [5, 5.41) is 22.1. The van der Waals surface area contributed by atoms with Crippen LogP contribution in [0.15, 0.2) is 35.3 Å². The minimum Gasteiger partial charge on any atom is -0.462 e. The molecule has 17 heavy (non-hydrogen) atoms. The van der Waals surface area contributed by atoms with Gasteiger partial charge < -0.3 is 10.1 Å². The van der Waals surface area contributed by atoms with E-state index in [4.69, 9.17) is 5.26 Å². The molecule has 1 aliphatic rings. The average Bonchev–Trinajstić information content (AvgIpc) is 2.31. The summed E-state index contributed by atoms with van der Waals surface area (Å²) in [5.74, 6) is -0.871. The third kappa shape index (κ3) is 2.69. The number of rotatable bonds is 3. The van der Waals surface area contributed by atoms with Gasteiger partial charge in [-0.15, -0.1) is 0 Å². The van der Waals surface area contributed by atoms with E-state index in [1.54, 1.807) is 13.0 Å². The number of nitro groups is 1. The molecule has 0 bridgehead atoms. The van der Waals surface area contributed by atoms with E-state index in [2.05, 4.69) is 10.1 Å². The molecule has 0 atom stereocenters. The van der Waals surface area contributed by atoms with Crippen molar-refractivity contribution in [3.63, 3.8) is 0 Å². The zero-order valence-electron chi connectivity index (χ0n) is 8.97. The van der Waals surface area contributed by atoms with Gasteiger partial charge in [-0.05, 0) is 13.0 Å². The Hall–Kier alpha value is -2.62. The first-order chi connectivity index (χ1) is 8.11. The van der Waals surface area contributed by atoms with Crippen molar-refractivity contribution in [2.75, 3.05) is 6.61 Å². The SMILES string of the molecule is CCOC(=O)/C(C#N)=C1\C=CNC=C1[N+](=O)[O-]. The predicted octanol–water partition coefficient (Wildman–Crippen LogP) is 0.605. The third-order valence-corrected chi connectivity index (χ3v) is 1.90. The Bertz CT molecular complexity index is 482. The van der Waals surface area contributed by atoms with Gasteiger partial charge in [0.2, 0.25) is 0 Å². The topological polar surface area (TPSA) is 105 Å². The van der Waals surface area contributed by atoms with Crippen LogP contribution in [-0.4, -0.2) is 17.5 Å². The fourth-order valence-corrected chi connectivity index (χ4v) is 1.20. The Kier molecular flexibility index (Phi) is 4.00. The Balaban J connectivity index is 3.24. The summed E-state index contributed by atoms with van der Waals surface area (Å²) >= 11 is 0. The van der Waals surface area contributed by atoms with Crippen molar-refractivity contribution < 1.29 is 14.5 Å². The van der Waals surface area contributed by atoms with E-state index in [0.717, 1.165) is 6.20 Å². The molecule has 1 N–H and O–H groups in total. The molecule has 88 valence electrons. The van der Waals surface area contributed by atoms with Crippen LogP contribution in [0.5, 0.6) is 0 Å². The molecule has 0 aliphatic carbocycles. The quantitative estimate of drug-likeness (QED) is 0.252. The van der Waals surface area contributed by atoms with Crippen molar-refractivity contribution in [1.29, 1.82) is 5.26 Å². The number of hydrogen-bond donors (Lipinski definition) is 1. The van der Waals surface area contributed by atoms with Crippen LogP contribution >= 0.6 is 0 Å². The normalized spacial score (nSPS) is 16.4. The van der Waals surface area contributed by atoms with E-state index >= 15 is 0 Å². The van der Waals surface area contributed by atoms with Gasteiger partial charge in [0, 0.05) is 6.20 Å². The second kappa shape index (κ2) is 5.46. The van der Waals surface area contributed by atoms with Gasteiger partial charge in [-0.2, -0.15) is 5.26 Å². The largest absolute Gasteiger partial charge is 0.462 e. The highest BCUT2D eigenvalue weighted by atomic mass is 16.6. The van der Waals surface area contributed by atoms with Gasteiger partial charge in [0.1, 0.15) is 6.07 Å². The molecule has 0 spiro atoms. The van der Waals surface area contributed by atoms with Crippen LogP contribution in [0.3, 0.4) is 0 Å². The van der Waals surface area contributed by atoms with E-state index < -0.39 is 10.9 Å². The molecule has 0 amide bonds. The Morgan fingerprint density at radius 1 is 1.71 bits per heavy atom. The number of carbonyl (C=O) groups is 1. The smallest absolute Gasteiger partial charge is 0.349 e. The van der Waals surface area contributed by atoms with Crippen LogP contribution < -0.4 is 5.32 Å². The first-order valence-corrected chi connectivity index (χ1v) is 4.70. The van der Waals surface area contributed by atoms with Gasteiger partial charge in [-0.1, -0.05) is 0 Å². The number of nitrogens with one attached hydrogen (secondary N) is 1. The van der Waals surface area contributed by atoms with Crippen molar-refractivity contribution >= 4 is 5.97 Å². The summed E-state index contributed by atoms with van der Waals surface area (Å²) in [6.07, 6.45) is 3.78. The van der Waals surface area contributed by atoms with Gasteiger partial charge >= 0.3 is 5.97 Å². The van der Waals surface area contributed by atoms with Crippen molar-refractivity contribution in [2.45, 2.75) is 6.92 Å². The summed E-state index contributed by atoms with van der Waals surface area (Å²) in [5.41, 5.74) is -0.792. The zero-order chi connectivity index (χ0) is 12.8. The van der Waals surface area contributed by atoms with E-state index in [1.165, 1.54) is 12.3 Å². The molecule has 0 aromatic rings. The Morgan fingerprint density at radius 3 is 2.94 bits per heavy atom. The fraction of sp³-hybridized carbons (Fsp3) is 0.200. The van der Waals surface area contributed by atoms with Crippen LogP contribution in [-0.2, 0) is 9.53 Å². The van der Waals surface area contributed by atoms with Gasteiger partial charge in [0.25, 0.3) is 5.70 Å². The number of allylic oxidation sites excluding steroid dienone is 1. The van der Waals surface area contributed by atoms with Crippen LogP contribution in [0.4, 0.5) is 0 Å². The second-order valence-corrected chi connectivity index (χ2v) is 2.91. The maximum absolute atomic E-state index is 11.4. The lowest BCUT2D eigenvalue weighted by molar-refractivity contribution is -0.420. The molecule has 0 aromatic carbocycles. The zero-order valence-corrected chi connectivity index (χ0v) is 8.97. The molecule has 1 rings (SSSR count). The minimum atomic E-state index is -0.871. The van der Waals surface area contributed by atoms with Crippen molar-refractivity contribution in [1.82, 2.24) is 5.32 Å². The summed E-state index contributed by atoms with van der Waals surface area (Å²) in [4.78, 5) is 21.5. The lowest BCUT2D eigenvalue weighted by Crippen LogP contribution is -2.16. The first-order valence-electron chi connectivity index (χ1n) is 4.70. The number of esters is 1. The Morgan fingerprint density at radius 2 is 2.41 bits per heavy atom. The molecule has 0 fully saturated rings. The van der Waals surface area contributed by atoms with Crippen LogP contribution in [0.1, 0.15) is 6.92 Å². The maximum Gasteiger partial charge on any atom is 0.349 e. The minimum absolute atomic E-state index is 0.0605. The monoisotopic (exact) mass is 235 g/mol. The molecule has 0 saturated heterocycles. The average molecular weight is 235 g/mol. The lowest BCUT2D eigenvalue weighted by atomic mass is 10.1. The van der Waals surface area contributed by atoms with Crippen molar-refractivity contribution in [3.8, 4) is 6.07 Å². The molecule has 0 saturated carbocycles. The van der Waals surface area contributed by atoms with Gasteiger partial charge in [-0.3, -0.25) is 10.1 Å². The van der Waals surface area contributed by atoms with Gasteiger partial charge in [0.05, 0.1) is 23.3 Å². The number of nitriles is 1. The first kappa shape index (κ1) is 12.4. The Labute approximate surface area is 96.8 Å². The molecule has 0 aromatic heterocycles.